The number of hydrogen-bond acceptors (Lipinski definition) is 4. The molecule has 0 aliphatic heterocycles. The molecule has 3 N–H and O–H groups in total. The topological polar surface area (TPSA) is 74.2 Å². The van der Waals surface area contributed by atoms with Crippen LogP contribution in [-0.4, -0.2) is 34.3 Å². The Morgan fingerprint density at radius 1 is 1.31 bits per heavy atom. The maximum atomic E-state index is 13.0. The van der Waals surface area contributed by atoms with Gasteiger partial charge in [0.1, 0.15) is 5.82 Å². The normalized spacial score (nSPS) is 22.2. The first-order valence-corrected chi connectivity index (χ1v) is 9.58. The van der Waals surface area contributed by atoms with Crippen LogP contribution in [0, 0.1) is 5.92 Å². The van der Waals surface area contributed by atoms with E-state index >= 15 is 0 Å². The summed E-state index contributed by atoms with van der Waals surface area (Å²) in [5.74, 6) is -1.49. The second kappa shape index (κ2) is 8.59. The van der Waals surface area contributed by atoms with E-state index in [-0.39, 0.29) is 25.3 Å². The number of anilines is 2. The molecule has 2 aromatic rings. The molecule has 0 spiro atoms. The predicted molar refractivity (Wildman–Crippen MR) is 105 cm³/mol. The Bertz CT molecular complexity index is 861. The zero-order chi connectivity index (χ0) is 21.1. The number of carbonyl (C=O) groups excluding carboxylic acids is 1. The quantitative estimate of drug-likeness (QED) is 0.635. The molecule has 1 aliphatic rings. The fourth-order valence-electron chi connectivity index (χ4n) is 3.44. The highest BCUT2D eigenvalue weighted by Gasteiger charge is 2.46. The van der Waals surface area contributed by atoms with Crippen molar-refractivity contribution >= 4 is 29.0 Å². The van der Waals surface area contributed by atoms with Gasteiger partial charge in [0.2, 0.25) is 0 Å². The molecule has 0 radical (unpaired) electrons. The zero-order valence-electron chi connectivity index (χ0n) is 15.5. The van der Waals surface area contributed by atoms with Crippen LogP contribution < -0.4 is 10.6 Å². The minimum atomic E-state index is -4.30. The lowest BCUT2D eigenvalue weighted by atomic mass is 9.77. The third-order valence-electron chi connectivity index (χ3n) is 4.99. The van der Waals surface area contributed by atoms with E-state index in [0.717, 1.165) is 0 Å². The zero-order valence-corrected chi connectivity index (χ0v) is 16.2. The van der Waals surface area contributed by atoms with Gasteiger partial charge in [-0.15, -0.1) is 0 Å². The van der Waals surface area contributed by atoms with E-state index in [9.17, 15) is 23.1 Å². The molecule has 1 saturated carbocycles. The van der Waals surface area contributed by atoms with Crippen LogP contribution in [0.15, 0.2) is 42.6 Å². The molecule has 5 nitrogen and oxygen atoms in total. The van der Waals surface area contributed by atoms with Crippen LogP contribution in [-0.2, 0) is 0 Å². The van der Waals surface area contributed by atoms with E-state index in [1.807, 2.05) is 0 Å². The van der Waals surface area contributed by atoms with Crippen molar-refractivity contribution in [1.29, 1.82) is 0 Å². The van der Waals surface area contributed by atoms with Gasteiger partial charge < -0.3 is 15.7 Å². The summed E-state index contributed by atoms with van der Waals surface area (Å²) in [5, 5.41) is 16.6. The van der Waals surface area contributed by atoms with Gasteiger partial charge in [-0.1, -0.05) is 17.7 Å². The van der Waals surface area contributed by atoms with Gasteiger partial charge in [0.05, 0.1) is 17.1 Å². The molecule has 1 aromatic carbocycles. The van der Waals surface area contributed by atoms with Crippen molar-refractivity contribution in [3.8, 4) is 0 Å². The van der Waals surface area contributed by atoms with Gasteiger partial charge >= 0.3 is 6.18 Å². The first kappa shape index (κ1) is 21.4. The summed E-state index contributed by atoms with van der Waals surface area (Å²) in [6.07, 6.45) is -2.62. The average Bonchev–Trinajstić information content (AvgIpc) is 2.66. The van der Waals surface area contributed by atoms with Crippen LogP contribution in [0.4, 0.5) is 24.7 Å². The van der Waals surface area contributed by atoms with Crippen molar-refractivity contribution in [3.05, 3.63) is 53.2 Å². The molecule has 9 heteroatoms. The number of halogens is 4. The van der Waals surface area contributed by atoms with Crippen molar-refractivity contribution in [2.45, 2.75) is 37.5 Å². The van der Waals surface area contributed by atoms with Crippen LogP contribution in [0.25, 0.3) is 0 Å². The number of carbonyl (C=O) groups is 1. The van der Waals surface area contributed by atoms with Gasteiger partial charge in [-0.2, -0.15) is 13.2 Å². The van der Waals surface area contributed by atoms with Crippen molar-refractivity contribution in [2.24, 2.45) is 5.92 Å². The fourth-order valence-corrected chi connectivity index (χ4v) is 3.63. The number of hydrogen-bond donors (Lipinski definition) is 3. The van der Waals surface area contributed by atoms with Crippen LogP contribution in [0.1, 0.15) is 36.0 Å². The maximum Gasteiger partial charge on any atom is 0.391 e. The van der Waals surface area contributed by atoms with Crippen molar-refractivity contribution in [2.75, 3.05) is 17.2 Å². The number of rotatable bonds is 5. The third kappa shape index (κ3) is 5.83. The van der Waals surface area contributed by atoms with Gasteiger partial charge in [-0.3, -0.25) is 4.79 Å². The standard InChI is InChI=1S/C20H21ClF3N3O2/c21-15-4-1-5-16(9-15)27-18(28)13-6-7-17(25-11-13)26-12-19(29)8-2-3-14(10-19)20(22,23)24/h1,4-7,9,11,14,29H,2-3,8,10,12H2,(H,25,26)(H,27,28). The predicted octanol–water partition coefficient (Wildman–Crippen LogP) is 4.88. The minimum absolute atomic E-state index is 0.0410. The molecular formula is C20H21ClF3N3O2. The molecule has 1 aromatic heterocycles. The molecule has 29 heavy (non-hydrogen) atoms. The smallest absolute Gasteiger partial charge is 0.388 e. The molecule has 1 aliphatic carbocycles. The number of pyridine rings is 1. The Morgan fingerprint density at radius 3 is 2.76 bits per heavy atom. The first-order valence-electron chi connectivity index (χ1n) is 9.21. The Labute approximate surface area is 171 Å². The van der Waals surface area contributed by atoms with E-state index in [1.165, 1.54) is 6.20 Å². The SMILES string of the molecule is O=C(Nc1cccc(Cl)c1)c1ccc(NCC2(O)CCCC(C(F)(F)F)C2)nc1. The van der Waals surface area contributed by atoms with Crippen molar-refractivity contribution in [3.63, 3.8) is 0 Å². The Hall–Kier alpha value is -2.32. The van der Waals surface area contributed by atoms with Crippen LogP contribution >= 0.6 is 11.6 Å². The van der Waals surface area contributed by atoms with E-state index in [0.29, 0.717) is 34.9 Å². The van der Waals surface area contributed by atoms with Crippen LogP contribution in [0.5, 0.6) is 0 Å². The van der Waals surface area contributed by atoms with Gasteiger partial charge in [-0.25, -0.2) is 4.98 Å². The average molecular weight is 428 g/mol. The van der Waals surface area contributed by atoms with E-state index in [4.69, 9.17) is 11.6 Å². The molecule has 156 valence electrons. The number of nitrogens with one attached hydrogen (secondary N) is 2. The van der Waals surface area contributed by atoms with E-state index in [2.05, 4.69) is 15.6 Å². The molecule has 2 atom stereocenters. The summed E-state index contributed by atoms with van der Waals surface area (Å²) in [7, 11) is 0. The summed E-state index contributed by atoms with van der Waals surface area (Å²) in [4.78, 5) is 16.4. The lowest BCUT2D eigenvalue weighted by molar-refractivity contribution is -0.199. The number of amides is 1. The Morgan fingerprint density at radius 2 is 2.10 bits per heavy atom. The highest BCUT2D eigenvalue weighted by atomic mass is 35.5. The van der Waals surface area contributed by atoms with E-state index < -0.39 is 17.7 Å². The lowest BCUT2D eigenvalue weighted by Gasteiger charge is -2.37. The minimum Gasteiger partial charge on any atom is -0.388 e. The number of benzene rings is 1. The second-order valence-electron chi connectivity index (χ2n) is 7.31. The van der Waals surface area contributed by atoms with Gasteiger partial charge in [-0.05, 0) is 56.0 Å². The largest absolute Gasteiger partial charge is 0.391 e. The Kier molecular flexibility index (Phi) is 6.33. The summed E-state index contributed by atoms with van der Waals surface area (Å²) < 4.78 is 38.9. The van der Waals surface area contributed by atoms with Crippen molar-refractivity contribution < 1.29 is 23.1 Å². The molecule has 1 fully saturated rings. The van der Waals surface area contributed by atoms with Gasteiger partial charge in [0, 0.05) is 23.5 Å². The fraction of sp³-hybridized carbons (Fsp3) is 0.400. The van der Waals surface area contributed by atoms with Crippen molar-refractivity contribution in [1.82, 2.24) is 4.98 Å². The van der Waals surface area contributed by atoms with E-state index in [1.54, 1.807) is 36.4 Å². The van der Waals surface area contributed by atoms with Gasteiger partial charge in [0.25, 0.3) is 5.91 Å². The summed E-state index contributed by atoms with van der Waals surface area (Å²) >= 11 is 5.88. The molecule has 2 unspecified atom stereocenters. The molecule has 3 rings (SSSR count). The molecule has 1 heterocycles. The third-order valence-corrected chi connectivity index (χ3v) is 5.23. The highest BCUT2D eigenvalue weighted by molar-refractivity contribution is 6.30. The summed E-state index contributed by atoms with van der Waals surface area (Å²) in [6, 6.07) is 9.80. The summed E-state index contributed by atoms with van der Waals surface area (Å²) in [5.41, 5.74) is -0.588. The Balaban J connectivity index is 1.57. The first-order chi connectivity index (χ1) is 13.6. The molecule has 0 bridgehead atoms. The van der Waals surface area contributed by atoms with Gasteiger partial charge in [0.15, 0.2) is 0 Å². The number of aliphatic hydroxyl groups is 1. The summed E-state index contributed by atoms with van der Waals surface area (Å²) in [6.45, 7) is -0.0410. The molecule has 0 saturated heterocycles. The number of aromatic nitrogens is 1. The maximum absolute atomic E-state index is 13.0. The number of alkyl halides is 3. The second-order valence-corrected chi connectivity index (χ2v) is 7.75. The monoisotopic (exact) mass is 427 g/mol. The molecule has 1 amide bonds. The highest BCUT2D eigenvalue weighted by Crippen LogP contribution is 2.41. The van der Waals surface area contributed by atoms with Crippen LogP contribution in [0.3, 0.4) is 0 Å². The number of nitrogens with zero attached hydrogens (tertiary/aromatic N) is 1. The van der Waals surface area contributed by atoms with Crippen LogP contribution in [0.2, 0.25) is 5.02 Å². The molecular weight excluding hydrogens is 407 g/mol. The lowest BCUT2D eigenvalue weighted by Crippen LogP contribution is -2.45.